The Bertz CT molecular complexity index is 227. The Morgan fingerprint density at radius 2 is 1.87 bits per heavy atom. The van der Waals surface area contributed by atoms with Crippen LogP contribution in [0.4, 0.5) is 0 Å². The van der Waals surface area contributed by atoms with E-state index < -0.39 is 0 Å². The zero-order valence-corrected chi connectivity index (χ0v) is 10.7. The summed E-state index contributed by atoms with van der Waals surface area (Å²) in [6.07, 6.45) is 3.41. The Hall–Kier alpha value is -0.530. The van der Waals surface area contributed by atoms with Crippen molar-refractivity contribution in [2.45, 2.75) is 60.0 Å². The molecule has 15 heavy (non-hydrogen) atoms. The van der Waals surface area contributed by atoms with E-state index in [-0.39, 0.29) is 12.1 Å². The molecule has 0 saturated heterocycles. The number of rotatable bonds is 1. The first-order valence-corrected chi connectivity index (χ1v) is 5.98. The number of hydrogen-bond acceptors (Lipinski definition) is 2. The molecule has 1 aliphatic rings. The summed E-state index contributed by atoms with van der Waals surface area (Å²) in [5, 5.41) is 0. The van der Waals surface area contributed by atoms with E-state index in [1.165, 1.54) is 13.3 Å². The Kier molecular flexibility index (Phi) is 3.80. The van der Waals surface area contributed by atoms with Crippen molar-refractivity contribution >= 4 is 5.97 Å². The quantitative estimate of drug-likeness (QED) is 0.623. The van der Waals surface area contributed by atoms with Crippen LogP contribution in [0.15, 0.2) is 0 Å². The average molecular weight is 212 g/mol. The lowest BCUT2D eigenvalue weighted by atomic mass is 9.66. The van der Waals surface area contributed by atoms with Crippen molar-refractivity contribution in [3.8, 4) is 0 Å². The molecular formula is C13H24O2. The molecule has 3 unspecified atom stereocenters. The van der Waals surface area contributed by atoms with Gasteiger partial charge in [0.1, 0.15) is 6.10 Å². The van der Waals surface area contributed by atoms with E-state index in [4.69, 9.17) is 4.74 Å². The summed E-state index contributed by atoms with van der Waals surface area (Å²) in [5.41, 5.74) is 0.376. The van der Waals surface area contributed by atoms with E-state index in [2.05, 4.69) is 27.7 Å². The van der Waals surface area contributed by atoms with E-state index in [1.54, 1.807) is 0 Å². The largest absolute Gasteiger partial charge is 0.463 e. The summed E-state index contributed by atoms with van der Waals surface area (Å²) < 4.78 is 5.28. The normalized spacial score (nSPS) is 32.5. The van der Waals surface area contributed by atoms with Crippen LogP contribution < -0.4 is 0 Å². The summed E-state index contributed by atoms with van der Waals surface area (Å²) in [6.45, 7) is 10.7. The lowest BCUT2D eigenvalue weighted by Crippen LogP contribution is -2.35. The summed E-state index contributed by atoms with van der Waals surface area (Å²) in [6, 6.07) is 0. The molecule has 1 saturated carbocycles. The minimum absolute atomic E-state index is 0.138. The van der Waals surface area contributed by atoms with Gasteiger partial charge in [-0.25, -0.2) is 0 Å². The SMILES string of the molecule is CC(=O)OC1CCC(C(C)(C)C)C(C)C1. The highest BCUT2D eigenvalue weighted by atomic mass is 16.5. The molecule has 0 aliphatic heterocycles. The Balaban J connectivity index is 2.51. The van der Waals surface area contributed by atoms with Crippen LogP contribution in [-0.4, -0.2) is 12.1 Å². The molecule has 0 N–H and O–H groups in total. The highest BCUT2D eigenvalue weighted by Crippen LogP contribution is 2.42. The van der Waals surface area contributed by atoms with Crippen molar-refractivity contribution in [2.75, 3.05) is 0 Å². The van der Waals surface area contributed by atoms with Gasteiger partial charge in [-0.1, -0.05) is 27.7 Å². The van der Waals surface area contributed by atoms with Gasteiger partial charge in [-0.2, -0.15) is 0 Å². The van der Waals surface area contributed by atoms with Crippen LogP contribution in [0.1, 0.15) is 53.9 Å². The highest BCUT2D eigenvalue weighted by molar-refractivity contribution is 5.66. The molecule has 2 nitrogen and oxygen atoms in total. The molecule has 0 spiro atoms. The molecule has 88 valence electrons. The summed E-state index contributed by atoms with van der Waals surface area (Å²) >= 11 is 0. The summed E-state index contributed by atoms with van der Waals surface area (Å²) in [7, 11) is 0. The number of esters is 1. The van der Waals surface area contributed by atoms with E-state index in [1.807, 2.05) is 0 Å². The van der Waals surface area contributed by atoms with Gasteiger partial charge in [0.05, 0.1) is 0 Å². The van der Waals surface area contributed by atoms with Crippen LogP contribution in [-0.2, 0) is 9.53 Å². The molecular weight excluding hydrogens is 188 g/mol. The van der Waals surface area contributed by atoms with Gasteiger partial charge < -0.3 is 4.74 Å². The molecule has 0 aromatic heterocycles. The van der Waals surface area contributed by atoms with E-state index in [0.29, 0.717) is 11.3 Å². The minimum atomic E-state index is -0.138. The first kappa shape index (κ1) is 12.5. The van der Waals surface area contributed by atoms with Crippen LogP contribution >= 0.6 is 0 Å². The van der Waals surface area contributed by atoms with Crippen LogP contribution in [0.5, 0.6) is 0 Å². The van der Waals surface area contributed by atoms with Gasteiger partial charge in [0, 0.05) is 6.92 Å². The molecule has 0 radical (unpaired) electrons. The fraction of sp³-hybridized carbons (Fsp3) is 0.923. The topological polar surface area (TPSA) is 26.3 Å². The van der Waals surface area contributed by atoms with Crippen LogP contribution in [0.3, 0.4) is 0 Å². The van der Waals surface area contributed by atoms with E-state index in [9.17, 15) is 4.79 Å². The maximum atomic E-state index is 10.9. The van der Waals surface area contributed by atoms with Crippen molar-refractivity contribution in [3.05, 3.63) is 0 Å². The fourth-order valence-electron chi connectivity index (χ4n) is 2.98. The number of ether oxygens (including phenoxy) is 1. The Morgan fingerprint density at radius 3 is 2.27 bits per heavy atom. The van der Waals surface area contributed by atoms with Gasteiger partial charge in [0.2, 0.25) is 0 Å². The molecule has 0 aromatic carbocycles. The number of hydrogen-bond donors (Lipinski definition) is 0. The zero-order chi connectivity index (χ0) is 11.6. The lowest BCUT2D eigenvalue weighted by molar-refractivity contribution is -0.149. The monoisotopic (exact) mass is 212 g/mol. The lowest BCUT2D eigenvalue weighted by Gasteiger charge is -2.41. The Labute approximate surface area is 93.4 Å². The zero-order valence-electron chi connectivity index (χ0n) is 10.7. The van der Waals surface area contributed by atoms with Crippen molar-refractivity contribution in [2.24, 2.45) is 17.3 Å². The third-order valence-electron chi connectivity index (χ3n) is 3.57. The van der Waals surface area contributed by atoms with Gasteiger partial charge in [0.15, 0.2) is 0 Å². The Morgan fingerprint density at radius 1 is 1.27 bits per heavy atom. The molecule has 0 aromatic rings. The standard InChI is InChI=1S/C13H24O2/c1-9-8-11(15-10(2)14)6-7-12(9)13(3,4)5/h9,11-12H,6-8H2,1-5H3. The third-order valence-corrected chi connectivity index (χ3v) is 3.57. The number of carbonyl (C=O) groups excluding carboxylic acids is 1. The number of carbonyl (C=O) groups is 1. The maximum absolute atomic E-state index is 10.9. The summed E-state index contributed by atoms with van der Waals surface area (Å²) in [4.78, 5) is 10.9. The first-order valence-electron chi connectivity index (χ1n) is 5.98. The van der Waals surface area contributed by atoms with E-state index in [0.717, 1.165) is 18.8 Å². The van der Waals surface area contributed by atoms with Gasteiger partial charge in [-0.3, -0.25) is 4.79 Å². The van der Waals surface area contributed by atoms with Crippen LogP contribution in [0, 0.1) is 17.3 Å². The van der Waals surface area contributed by atoms with Crippen molar-refractivity contribution < 1.29 is 9.53 Å². The van der Waals surface area contributed by atoms with Crippen molar-refractivity contribution in [3.63, 3.8) is 0 Å². The van der Waals surface area contributed by atoms with Gasteiger partial charge in [0.25, 0.3) is 0 Å². The molecule has 3 atom stereocenters. The third kappa shape index (κ3) is 3.51. The van der Waals surface area contributed by atoms with Crippen molar-refractivity contribution in [1.82, 2.24) is 0 Å². The first-order chi connectivity index (χ1) is 6.80. The van der Waals surface area contributed by atoms with Crippen molar-refractivity contribution in [1.29, 1.82) is 0 Å². The smallest absolute Gasteiger partial charge is 0.302 e. The molecule has 1 aliphatic carbocycles. The predicted octanol–water partition coefficient (Wildman–Crippen LogP) is 3.40. The molecule has 2 heteroatoms. The van der Waals surface area contributed by atoms with E-state index >= 15 is 0 Å². The molecule has 0 amide bonds. The van der Waals surface area contributed by atoms with Gasteiger partial charge >= 0.3 is 5.97 Å². The fourth-order valence-corrected chi connectivity index (χ4v) is 2.98. The minimum Gasteiger partial charge on any atom is -0.463 e. The van der Waals surface area contributed by atoms with Crippen LogP contribution in [0.2, 0.25) is 0 Å². The highest BCUT2D eigenvalue weighted by Gasteiger charge is 2.35. The molecule has 0 heterocycles. The predicted molar refractivity (Wildman–Crippen MR) is 61.5 cm³/mol. The van der Waals surface area contributed by atoms with Gasteiger partial charge in [-0.05, 0) is 36.5 Å². The van der Waals surface area contributed by atoms with Crippen LogP contribution in [0.25, 0.3) is 0 Å². The second kappa shape index (κ2) is 4.54. The molecule has 1 fully saturated rings. The van der Waals surface area contributed by atoms with Gasteiger partial charge in [-0.15, -0.1) is 0 Å². The molecule has 0 bridgehead atoms. The molecule has 1 rings (SSSR count). The second-order valence-corrected chi connectivity index (χ2v) is 5.99. The summed E-state index contributed by atoms with van der Waals surface area (Å²) in [5.74, 6) is 1.27. The second-order valence-electron chi connectivity index (χ2n) is 5.99. The average Bonchev–Trinajstić information content (AvgIpc) is 1.99. The maximum Gasteiger partial charge on any atom is 0.302 e.